The fourth-order valence-corrected chi connectivity index (χ4v) is 3.76. The highest BCUT2D eigenvalue weighted by molar-refractivity contribution is 5.98. The maximum absolute atomic E-state index is 13.0. The van der Waals surface area contributed by atoms with Gasteiger partial charge in [-0.2, -0.15) is 0 Å². The molecule has 1 aromatic carbocycles. The molecule has 0 aliphatic carbocycles. The Morgan fingerprint density at radius 2 is 2.23 bits per heavy atom. The summed E-state index contributed by atoms with van der Waals surface area (Å²) in [6.07, 6.45) is 6.66. The van der Waals surface area contributed by atoms with Crippen LogP contribution in [-0.4, -0.2) is 43.6 Å². The Balaban J connectivity index is 1.54. The largest absolute Gasteiger partial charge is 0.338 e. The maximum Gasteiger partial charge on any atom is 0.253 e. The van der Waals surface area contributed by atoms with E-state index in [1.165, 1.54) is 0 Å². The molecule has 1 amide bonds. The predicted octanol–water partition coefficient (Wildman–Crippen LogP) is 3.26. The van der Waals surface area contributed by atoms with Crippen LogP contribution in [0.4, 0.5) is 0 Å². The van der Waals surface area contributed by atoms with Crippen LogP contribution in [0.5, 0.6) is 0 Å². The highest BCUT2D eigenvalue weighted by Crippen LogP contribution is 2.27. The Labute approximate surface area is 152 Å². The van der Waals surface area contributed by atoms with Crippen molar-refractivity contribution < 1.29 is 4.79 Å². The highest BCUT2D eigenvalue weighted by atomic mass is 16.2. The summed E-state index contributed by atoms with van der Waals surface area (Å²) in [6, 6.07) is 9.62. The van der Waals surface area contributed by atoms with E-state index in [-0.39, 0.29) is 11.8 Å². The lowest BCUT2D eigenvalue weighted by molar-refractivity contribution is 0.0703. The lowest BCUT2D eigenvalue weighted by Gasteiger charge is -2.32. The Kier molecular flexibility index (Phi) is 4.65. The van der Waals surface area contributed by atoms with Crippen molar-refractivity contribution in [3.05, 3.63) is 54.2 Å². The third-order valence-corrected chi connectivity index (χ3v) is 5.03. The summed E-state index contributed by atoms with van der Waals surface area (Å²) in [5, 5.41) is 9.41. The van der Waals surface area contributed by atoms with E-state index in [9.17, 15) is 4.79 Å². The van der Waals surface area contributed by atoms with Crippen molar-refractivity contribution in [2.75, 3.05) is 13.1 Å². The molecule has 0 saturated carbocycles. The second-order valence-corrected chi connectivity index (χ2v) is 6.88. The lowest BCUT2D eigenvalue weighted by atomic mass is 9.96. The first-order chi connectivity index (χ1) is 12.8. The van der Waals surface area contributed by atoms with E-state index in [1.54, 1.807) is 12.5 Å². The first-order valence-corrected chi connectivity index (χ1v) is 9.28. The summed E-state index contributed by atoms with van der Waals surface area (Å²) in [6.45, 7) is 4.56. The predicted molar refractivity (Wildman–Crippen MR) is 99.9 cm³/mol. The van der Waals surface area contributed by atoms with Gasteiger partial charge in [0.1, 0.15) is 12.2 Å². The van der Waals surface area contributed by atoms with Crippen LogP contribution in [0.2, 0.25) is 0 Å². The monoisotopic (exact) mass is 349 g/mol. The number of likely N-dealkylation sites (tertiary alicyclic amines) is 1. The number of piperidine rings is 1. The molecule has 4 rings (SSSR count). The topological polar surface area (TPSA) is 63.9 Å². The Bertz CT molecular complexity index is 919. The molecule has 0 spiro atoms. The van der Waals surface area contributed by atoms with E-state index in [4.69, 9.17) is 0 Å². The molecule has 26 heavy (non-hydrogen) atoms. The zero-order valence-corrected chi connectivity index (χ0v) is 15.0. The molecule has 0 unspecified atom stereocenters. The normalized spacial score (nSPS) is 17.6. The number of carbonyl (C=O) groups is 1. The lowest BCUT2D eigenvalue weighted by Crippen LogP contribution is -2.39. The van der Waals surface area contributed by atoms with Gasteiger partial charge in [-0.05, 0) is 43.5 Å². The SMILES string of the molecule is CCCn1cnnc1[C@H]1CCCN(C(=O)c2ccc3ncccc3c2)C1. The molecule has 1 aliphatic heterocycles. The summed E-state index contributed by atoms with van der Waals surface area (Å²) < 4.78 is 2.13. The number of aryl methyl sites for hydroxylation is 1. The van der Waals surface area contributed by atoms with Crippen molar-refractivity contribution in [1.29, 1.82) is 0 Å². The maximum atomic E-state index is 13.0. The van der Waals surface area contributed by atoms with Crippen LogP contribution in [0.3, 0.4) is 0 Å². The first-order valence-electron chi connectivity index (χ1n) is 9.28. The number of hydrogen-bond acceptors (Lipinski definition) is 4. The number of hydrogen-bond donors (Lipinski definition) is 0. The third kappa shape index (κ3) is 3.19. The fourth-order valence-electron chi connectivity index (χ4n) is 3.76. The third-order valence-electron chi connectivity index (χ3n) is 5.03. The molecule has 1 saturated heterocycles. The van der Waals surface area contributed by atoms with Gasteiger partial charge in [-0.25, -0.2) is 0 Å². The second-order valence-electron chi connectivity index (χ2n) is 6.88. The van der Waals surface area contributed by atoms with E-state index in [0.29, 0.717) is 6.54 Å². The van der Waals surface area contributed by atoms with E-state index >= 15 is 0 Å². The fraction of sp³-hybridized carbons (Fsp3) is 0.400. The summed E-state index contributed by atoms with van der Waals surface area (Å²) in [5.74, 6) is 1.35. The zero-order chi connectivity index (χ0) is 17.9. The molecule has 3 heterocycles. The average Bonchev–Trinajstić information content (AvgIpc) is 3.16. The van der Waals surface area contributed by atoms with Crippen LogP contribution < -0.4 is 0 Å². The summed E-state index contributed by atoms with van der Waals surface area (Å²) >= 11 is 0. The van der Waals surface area contributed by atoms with Crippen molar-refractivity contribution in [3.63, 3.8) is 0 Å². The number of nitrogens with zero attached hydrogens (tertiary/aromatic N) is 5. The minimum Gasteiger partial charge on any atom is -0.338 e. The van der Waals surface area contributed by atoms with Crippen LogP contribution in [0.15, 0.2) is 42.9 Å². The van der Waals surface area contributed by atoms with Gasteiger partial charge in [-0.1, -0.05) is 13.0 Å². The molecular weight excluding hydrogens is 326 g/mol. The molecule has 6 heteroatoms. The van der Waals surface area contributed by atoms with Gasteiger partial charge in [-0.3, -0.25) is 9.78 Å². The summed E-state index contributed by atoms with van der Waals surface area (Å²) in [7, 11) is 0. The Morgan fingerprint density at radius 1 is 1.31 bits per heavy atom. The standard InChI is InChI=1S/C20H23N5O/c1-2-10-25-14-22-23-19(25)17-6-4-11-24(13-17)20(26)16-7-8-18-15(12-16)5-3-9-21-18/h3,5,7-9,12,14,17H,2,4,6,10-11,13H2,1H3/t17-/m0/s1. The van der Waals surface area contributed by atoms with Gasteiger partial charge in [0.25, 0.3) is 5.91 Å². The minimum atomic E-state index is 0.0852. The molecule has 6 nitrogen and oxygen atoms in total. The molecule has 2 aromatic heterocycles. The molecule has 0 radical (unpaired) electrons. The quantitative estimate of drug-likeness (QED) is 0.725. The van der Waals surface area contributed by atoms with Crippen LogP contribution in [0.25, 0.3) is 10.9 Å². The first kappa shape index (κ1) is 16.7. The van der Waals surface area contributed by atoms with Gasteiger partial charge in [-0.15, -0.1) is 10.2 Å². The second kappa shape index (κ2) is 7.23. The van der Waals surface area contributed by atoms with Crippen LogP contribution in [-0.2, 0) is 6.54 Å². The van der Waals surface area contributed by atoms with Crippen molar-refractivity contribution in [2.24, 2.45) is 0 Å². The number of rotatable bonds is 4. The summed E-state index contributed by atoms with van der Waals surface area (Å²) in [5.41, 5.74) is 1.63. The molecule has 1 fully saturated rings. The molecule has 0 bridgehead atoms. The van der Waals surface area contributed by atoms with Crippen molar-refractivity contribution >= 4 is 16.8 Å². The molecule has 0 N–H and O–H groups in total. The smallest absolute Gasteiger partial charge is 0.253 e. The van der Waals surface area contributed by atoms with Gasteiger partial charge in [0.15, 0.2) is 0 Å². The van der Waals surface area contributed by atoms with Crippen LogP contribution in [0, 0.1) is 0 Å². The number of pyridine rings is 1. The van der Waals surface area contributed by atoms with Crippen molar-refractivity contribution in [3.8, 4) is 0 Å². The number of carbonyl (C=O) groups excluding carboxylic acids is 1. The van der Waals surface area contributed by atoms with Crippen LogP contribution >= 0.6 is 0 Å². The van der Waals surface area contributed by atoms with Crippen molar-refractivity contribution in [1.82, 2.24) is 24.6 Å². The van der Waals surface area contributed by atoms with Crippen LogP contribution in [0.1, 0.15) is 48.3 Å². The minimum absolute atomic E-state index is 0.0852. The van der Waals surface area contributed by atoms with E-state index < -0.39 is 0 Å². The van der Waals surface area contributed by atoms with Gasteiger partial charge in [0.2, 0.25) is 0 Å². The van der Waals surface area contributed by atoms with E-state index in [1.807, 2.05) is 35.2 Å². The van der Waals surface area contributed by atoms with Gasteiger partial charge in [0, 0.05) is 42.7 Å². The Morgan fingerprint density at radius 3 is 3.12 bits per heavy atom. The highest BCUT2D eigenvalue weighted by Gasteiger charge is 2.28. The number of benzene rings is 1. The number of fused-ring (bicyclic) bond motifs is 1. The Hall–Kier alpha value is -2.76. The van der Waals surface area contributed by atoms with Crippen molar-refractivity contribution in [2.45, 2.75) is 38.6 Å². The van der Waals surface area contributed by atoms with E-state index in [0.717, 1.165) is 54.6 Å². The average molecular weight is 349 g/mol. The zero-order valence-electron chi connectivity index (χ0n) is 15.0. The van der Waals surface area contributed by atoms with Gasteiger partial charge >= 0.3 is 0 Å². The molecule has 1 aliphatic rings. The number of aromatic nitrogens is 4. The number of amides is 1. The van der Waals surface area contributed by atoms with E-state index in [2.05, 4.69) is 26.7 Å². The van der Waals surface area contributed by atoms with Gasteiger partial charge in [0.05, 0.1) is 5.52 Å². The molecular formula is C20H23N5O. The molecule has 3 aromatic rings. The van der Waals surface area contributed by atoms with Gasteiger partial charge < -0.3 is 9.47 Å². The molecule has 1 atom stereocenters. The molecule has 134 valence electrons. The summed E-state index contributed by atoms with van der Waals surface area (Å²) in [4.78, 5) is 19.3.